The zero-order valence-corrected chi connectivity index (χ0v) is 8.31. The van der Waals surface area contributed by atoms with Crippen molar-refractivity contribution in [2.75, 3.05) is 0 Å². The van der Waals surface area contributed by atoms with E-state index in [4.69, 9.17) is 0 Å². The Morgan fingerprint density at radius 3 is 2.75 bits per heavy atom. The Balaban J connectivity index is 2.40. The van der Waals surface area contributed by atoms with Crippen LogP contribution < -0.4 is 0 Å². The van der Waals surface area contributed by atoms with Crippen molar-refractivity contribution >= 4 is 11.9 Å². The van der Waals surface area contributed by atoms with Gasteiger partial charge >= 0.3 is 11.9 Å². The summed E-state index contributed by atoms with van der Waals surface area (Å²) in [5, 5.41) is 3.56. The summed E-state index contributed by atoms with van der Waals surface area (Å²) >= 11 is 0. The number of esters is 2. The molecule has 1 aromatic heterocycles. The number of alkyl halides is 2. The SMILES string of the molecule is Cn1cc(C2CC(=O)OC2=O)c(C(F)F)n1. The number of carbonyl (C=O) groups excluding carboxylic acids is 2. The van der Waals surface area contributed by atoms with E-state index in [2.05, 4.69) is 9.84 Å². The second-order valence-corrected chi connectivity index (χ2v) is 3.49. The van der Waals surface area contributed by atoms with Gasteiger partial charge in [-0.1, -0.05) is 0 Å². The molecule has 0 spiro atoms. The molecule has 0 amide bonds. The molecule has 0 saturated carbocycles. The van der Waals surface area contributed by atoms with Gasteiger partial charge in [-0.15, -0.1) is 0 Å². The van der Waals surface area contributed by atoms with E-state index in [-0.39, 0.29) is 12.0 Å². The van der Waals surface area contributed by atoms with Crippen molar-refractivity contribution in [3.05, 3.63) is 17.5 Å². The van der Waals surface area contributed by atoms with Crippen LogP contribution in [-0.2, 0) is 21.4 Å². The summed E-state index contributed by atoms with van der Waals surface area (Å²) in [6.45, 7) is 0. The summed E-state index contributed by atoms with van der Waals surface area (Å²) in [7, 11) is 1.47. The Labute approximate surface area is 89.0 Å². The topological polar surface area (TPSA) is 61.2 Å². The standard InChI is InChI=1S/C9H8F2N2O3/c1-13-3-5(7(12-13)8(10)11)4-2-6(14)16-9(4)15/h3-4,8H,2H2,1H3. The lowest BCUT2D eigenvalue weighted by molar-refractivity contribution is -0.152. The van der Waals surface area contributed by atoms with Crippen LogP contribution in [0.15, 0.2) is 6.20 Å². The first kappa shape index (κ1) is 10.7. The van der Waals surface area contributed by atoms with E-state index < -0.39 is 30.0 Å². The zero-order chi connectivity index (χ0) is 11.9. The Bertz CT molecular complexity index is 456. The third kappa shape index (κ3) is 1.68. The molecule has 1 aliphatic rings. The van der Waals surface area contributed by atoms with Crippen molar-refractivity contribution in [1.29, 1.82) is 0 Å². The largest absolute Gasteiger partial charge is 0.393 e. The Morgan fingerprint density at radius 1 is 1.56 bits per heavy atom. The monoisotopic (exact) mass is 230 g/mol. The summed E-state index contributed by atoms with van der Waals surface area (Å²) in [6, 6.07) is 0. The Kier molecular flexibility index (Phi) is 2.45. The number of nitrogens with zero attached hydrogens (tertiary/aromatic N) is 2. The molecule has 1 atom stereocenters. The summed E-state index contributed by atoms with van der Waals surface area (Å²) in [6.07, 6.45) is -1.67. The van der Waals surface area contributed by atoms with E-state index >= 15 is 0 Å². The highest BCUT2D eigenvalue weighted by atomic mass is 19.3. The van der Waals surface area contributed by atoms with Crippen molar-refractivity contribution in [1.82, 2.24) is 9.78 Å². The van der Waals surface area contributed by atoms with E-state index in [0.717, 1.165) is 0 Å². The minimum absolute atomic E-state index is 0.0633. The number of aromatic nitrogens is 2. The van der Waals surface area contributed by atoms with Crippen LogP contribution >= 0.6 is 0 Å². The number of ether oxygens (including phenoxy) is 1. The lowest BCUT2D eigenvalue weighted by atomic mass is 9.98. The van der Waals surface area contributed by atoms with Crippen molar-refractivity contribution in [2.24, 2.45) is 7.05 Å². The molecule has 0 bridgehead atoms. The average Bonchev–Trinajstić information content (AvgIpc) is 2.69. The predicted octanol–water partition coefficient (Wildman–Crippen LogP) is 0.915. The number of hydrogen-bond donors (Lipinski definition) is 0. The van der Waals surface area contributed by atoms with Crippen LogP contribution in [-0.4, -0.2) is 21.7 Å². The number of hydrogen-bond acceptors (Lipinski definition) is 4. The molecule has 0 radical (unpaired) electrons. The first-order valence-electron chi connectivity index (χ1n) is 4.55. The number of rotatable bonds is 2. The van der Waals surface area contributed by atoms with Crippen LogP contribution in [0.2, 0.25) is 0 Å². The predicted molar refractivity (Wildman–Crippen MR) is 46.6 cm³/mol. The molecule has 1 aromatic rings. The Morgan fingerprint density at radius 2 is 2.25 bits per heavy atom. The van der Waals surface area contributed by atoms with E-state index in [9.17, 15) is 18.4 Å². The molecule has 86 valence electrons. The number of aryl methyl sites for hydroxylation is 1. The van der Waals surface area contributed by atoms with Gasteiger partial charge in [-0.25, -0.2) is 8.78 Å². The molecule has 1 aliphatic heterocycles. The van der Waals surface area contributed by atoms with Crippen molar-refractivity contribution in [3.8, 4) is 0 Å². The zero-order valence-electron chi connectivity index (χ0n) is 8.31. The van der Waals surface area contributed by atoms with Crippen molar-refractivity contribution in [3.63, 3.8) is 0 Å². The smallest absolute Gasteiger partial charge is 0.321 e. The number of carbonyl (C=O) groups is 2. The number of cyclic esters (lactones) is 2. The van der Waals surface area contributed by atoms with Gasteiger partial charge in [0.15, 0.2) is 0 Å². The maximum absolute atomic E-state index is 12.6. The van der Waals surface area contributed by atoms with E-state index in [0.29, 0.717) is 0 Å². The average molecular weight is 230 g/mol. The third-order valence-electron chi connectivity index (χ3n) is 2.34. The number of halogens is 2. The van der Waals surface area contributed by atoms with Gasteiger partial charge in [-0.2, -0.15) is 5.10 Å². The molecule has 0 N–H and O–H groups in total. The maximum atomic E-state index is 12.6. The van der Waals surface area contributed by atoms with Gasteiger partial charge in [0.1, 0.15) is 5.69 Å². The van der Waals surface area contributed by atoms with Gasteiger partial charge in [-0.3, -0.25) is 14.3 Å². The van der Waals surface area contributed by atoms with E-state index in [1.807, 2.05) is 0 Å². The van der Waals surface area contributed by atoms with Crippen LogP contribution in [0.4, 0.5) is 8.78 Å². The molecule has 5 nitrogen and oxygen atoms in total. The molecule has 0 aliphatic carbocycles. The normalized spacial score (nSPS) is 20.6. The molecule has 1 saturated heterocycles. The van der Waals surface area contributed by atoms with Gasteiger partial charge in [0.05, 0.1) is 12.3 Å². The van der Waals surface area contributed by atoms with Crippen LogP contribution in [0.1, 0.15) is 30.0 Å². The fraction of sp³-hybridized carbons (Fsp3) is 0.444. The molecular formula is C9H8F2N2O3. The van der Waals surface area contributed by atoms with E-state index in [1.165, 1.54) is 17.9 Å². The lowest BCUT2D eigenvalue weighted by Crippen LogP contribution is -2.07. The van der Waals surface area contributed by atoms with Gasteiger partial charge in [0, 0.05) is 18.8 Å². The molecule has 16 heavy (non-hydrogen) atoms. The minimum Gasteiger partial charge on any atom is -0.393 e. The van der Waals surface area contributed by atoms with Crippen LogP contribution in [0.25, 0.3) is 0 Å². The molecule has 0 aromatic carbocycles. The van der Waals surface area contributed by atoms with Gasteiger partial charge < -0.3 is 4.74 Å². The van der Waals surface area contributed by atoms with Crippen molar-refractivity contribution in [2.45, 2.75) is 18.8 Å². The van der Waals surface area contributed by atoms with Crippen LogP contribution in [0.5, 0.6) is 0 Å². The molecular weight excluding hydrogens is 222 g/mol. The maximum Gasteiger partial charge on any atom is 0.321 e. The quantitative estimate of drug-likeness (QED) is 0.559. The molecule has 7 heteroatoms. The van der Waals surface area contributed by atoms with Gasteiger partial charge in [-0.05, 0) is 0 Å². The highest BCUT2D eigenvalue weighted by Gasteiger charge is 2.38. The molecule has 1 fully saturated rings. The Hall–Kier alpha value is -1.79. The second-order valence-electron chi connectivity index (χ2n) is 3.49. The van der Waals surface area contributed by atoms with Gasteiger partial charge in [0.25, 0.3) is 6.43 Å². The van der Waals surface area contributed by atoms with Crippen LogP contribution in [0.3, 0.4) is 0 Å². The first-order chi connectivity index (χ1) is 7.49. The summed E-state index contributed by atoms with van der Waals surface area (Å²) in [4.78, 5) is 22.1. The van der Waals surface area contributed by atoms with Gasteiger partial charge in [0.2, 0.25) is 0 Å². The highest BCUT2D eigenvalue weighted by molar-refractivity contribution is 5.97. The molecule has 2 rings (SSSR count). The minimum atomic E-state index is -2.78. The highest BCUT2D eigenvalue weighted by Crippen LogP contribution is 2.33. The second kappa shape index (κ2) is 3.66. The summed E-state index contributed by atoms with van der Waals surface area (Å²) < 4.78 is 30.7. The third-order valence-corrected chi connectivity index (χ3v) is 2.34. The molecule has 2 heterocycles. The van der Waals surface area contributed by atoms with Crippen molar-refractivity contribution < 1.29 is 23.1 Å². The van der Waals surface area contributed by atoms with E-state index in [1.54, 1.807) is 0 Å². The summed E-state index contributed by atoms with van der Waals surface area (Å²) in [5.74, 6) is -2.44. The fourth-order valence-electron chi connectivity index (χ4n) is 1.67. The fourth-order valence-corrected chi connectivity index (χ4v) is 1.67. The molecule has 1 unspecified atom stereocenters. The lowest BCUT2D eigenvalue weighted by Gasteiger charge is -2.03. The summed E-state index contributed by atoms with van der Waals surface area (Å²) in [5.41, 5.74) is -0.410. The van der Waals surface area contributed by atoms with Crippen LogP contribution in [0, 0.1) is 0 Å². The first-order valence-corrected chi connectivity index (χ1v) is 4.55.